The molecule has 0 heterocycles. The molecule has 4 atom stereocenters. The number of allylic oxidation sites excluding steroid dienone is 2. The molecule has 0 unspecified atom stereocenters. The molecule has 0 aromatic rings. The van der Waals surface area contributed by atoms with E-state index < -0.39 is 5.60 Å². The molecule has 2 nitrogen and oxygen atoms in total. The monoisotopic (exact) mass is 236 g/mol. The maximum absolute atomic E-state index is 11.8. The normalized spacial score (nSPS) is 42.4. The number of hydrogen-bond donors (Lipinski definition) is 1. The molecule has 0 spiro atoms. The van der Waals surface area contributed by atoms with Crippen LogP contribution in [0.4, 0.5) is 0 Å². The lowest BCUT2D eigenvalue weighted by molar-refractivity contribution is -0.124. The van der Waals surface area contributed by atoms with Gasteiger partial charge in [0.15, 0.2) is 5.78 Å². The first kappa shape index (κ1) is 12.8. The lowest BCUT2D eigenvalue weighted by Crippen LogP contribution is -2.46. The van der Waals surface area contributed by atoms with E-state index in [4.69, 9.17) is 0 Å². The van der Waals surface area contributed by atoms with Crippen LogP contribution in [0.2, 0.25) is 0 Å². The second-order valence-corrected chi connectivity index (χ2v) is 6.76. The topological polar surface area (TPSA) is 37.3 Å². The largest absolute Gasteiger partial charge is 0.390 e. The van der Waals surface area contributed by atoms with Gasteiger partial charge in [0, 0.05) is 5.92 Å². The van der Waals surface area contributed by atoms with Gasteiger partial charge in [-0.25, -0.2) is 0 Å². The average Bonchev–Trinajstić information content (AvgIpc) is 2.22. The van der Waals surface area contributed by atoms with E-state index in [0.717, 1.165) is 19.3 Å². The molecule has 2 aliphatic carbocycles. The Morgan fingerprint density at radius 2 is 2.12 bits per heavy atom. The van der Waals surface area contributed by atoms with Gasteiger partial charge in [-0.1, -0.05) is 19.9 Å². The van der Waals surface area contributed by atoms with Crippen LogP contribution in [0.1, 0.15) is 47.0 Å². The minimum atomic E-state index is -0.620. The molecule has 2 rings (SSSR count). The smallest absolute Gasteiger partial charge is 0.158 e. The molecule has 2 aliphatic rings. The van der Waals surface area contributed by atoms with Crippen molar-refractivity contribution in [2.45, 2.75) is 52.6 Å². The molecular weight excluding hydrogens is 212 g/mol. The molecule has 0 radical (unpaired) electrons. The van der Waals surface area contributed by atoms with Crippen LogP contribution in [0.3, 0.4) is 0 Å². The van der Waals surface area contributed by atoms with E-state index in [-0.39, 0.29) is 17.1 Å². The lowest BCUT2D eigenvalue weighted by atomic mass is 9.56. The first-order chi connectivity index (χ1) is 7.74. The summed E-state index contributed by atoms with van der Waals surface area (Å²) >= 11 is 0. The van der Waals surface area contributed by atoms with E-state index >= 15 is 0 Å². The molecule has 0 amide bonds. The van der Waals surface area contributed by atoms with Crippen molar-refractivity contribution < 1.29 is 9.90 Å². The Morgan fingerprint density at radius 1 is 1.47 bits per heavy atom. The van der Waals surface area contributed by atoms with Gasteiger partial charge < -0.3 is 5.11 Å². The number of rotatable bonds is 1. The number of carbonyl (C=O) groups is 1. The van der Waals surface area contributed by atoms with Crippen molar-refractivity contribution in [2.24, 2.45) is 23.2 Å². The zero-order valence-corrected chi connectivity index (χ0v) is 11.4. The SMILES string of the molecule is C[C@@H]1C(=O)C=C[C@]2(C)CC[C@H](C(C)(C)O)C[C@H]12. The zero-order chi connectivity index (χ0) is 12.8. The number of aliphatic hydroxyl groups is 1. The fourth-order valence-corrected chi connectivity index (χ4v) is 3.61. The van der Waals surface area contributed by atoms with Crippen molar-refractivity contribution in [3.63, 3.8) is 0 Å². The third kappa shape index (κ3) is 2.20. The Balaban J connectivity index is 2.24. The summed E-state index contributed by atoms with van der Waals surface area (Å²) in [5.74, 6) is 1.08. The second kappa shape index (κ2) is 3.94. The second-order valence-electron chi connectivity index (χ2n) is 6.76. The molecule has 1 N–H and O–H groups in total. The molecule has 0 saturated heterocycles. The van der Waals surface area contributed by atoms with Crippen molar-refractivity contribution in [1.29, 1.82) is 0 Å². The summed E-state index contributed by atoms with van der Waals surface area (Å²) in [6, 6.07) is 0. The number of hydrogen-bond acceptors (Lipinski definition) is 2. The van der Waals surface area contributed by atoms with Crippen LogP contribution in [0.25, 0.3) is 0 Å². The highest BCUT2D eigenvalue weighted by Gasteiger charge is 2.47. The van der Waals surface area contributed by atoms with Gasteiger partial charge in [0.1, 0.15) is 0 Å². The first-order valence-electron chi connectivity index (χ1n) is 6.69. The minimum absolute atomic E-state index is 0.107. The van der Waals surface area contributed by atoms with Crippen LogP contribution in [0, 0.1) is 23.2 Å². The molecular formula is C15H24O2. The van der Waals surface area contributed by atoms with Crippen LogP contribution in [0.15, 0.2) is 12.2 Å². The number of carbonyl (C=O) groups excluding carboxylic acids is 1. The van der Waals surface area contributed by atoms with E-state index in [9.17, 15) is 9.90 Å². The zero-order valence-electron chi connectivity index (χ0n) is 11.4. The molecule has 0 aromatic heterocycles. The lowest BCUT2D eigenvalue weighted by Gasteiger charge is -2.49. The van der Waals surface area contributed by atoms with Crippen molar-refractivity contribution in [1.82, 2.24) is 0 Å². The van der Waals surface area contributed by atoms with Gasteiger partial charge in [0.25, 0.3) is 0 Å². The van der Waals surface area contributed by atoms with Gasteiger partial charge >= 0.3 is 0 Å². The molecule has 0 bridgehead atoms. The van der Waals surface area contributed by atoms with Crippen LogP contribution >= 0.6 is 0 Å². The molecule has 1 fully saturated rings. The van der Waals surface area contributed by atoms with Gasteiger partial charge in [-0.2, -0.15) is 0 Å². The van der Waals surface area contributed by atoms with E-state index in [1.165, 1.54) is 0 Å². The molecule has 0 aromatic carbocycles. The van der Waals surface area contributed by atoms with E-state index in [0.29, 0.717) is 11.8 Å². The minimum Gasteiger partial charge on any atom is -0.390 e. The van der Waals surface area contributed by atoms with Crippen molar-refractivity contribution >= 4 is 5.78 Å². The van der Waals surface area contributed by atoms with Gasteiger partial charge in [-0.15, -0.1) is 0 Å². The summed E-state index contributed by atoms with van der Waals surface area (Å²) in [7, 11) is 0. The summed E-state index contributed by atoms with van der Waals surface area (Å²) in [4.78, 5) is 11.8. The Bertz CT molecular complexity index is 350. The maximum Gasteiger partial charge on any atom is 0.158 e. The Morgan fingerprint density at radius 3 is 2.71 bits per heavy atom. The predicted octanol–water partition coefficient (Wildman–Crippen LogP) is 2.95. The molecule has 17 heavy (non-hydrogen) atoms. The summed E-state index contributed by atoms with van der Waals surface area (Å²) < 4.78 is 0. The molecule has 1 saturated carbocycles. The predicted molar refractivity (Wildman–Crippen MR) is 68.5 cm³/mol. The van der Waals surface area contributed by atoms with Crippen LogP contribution < -0.4 is 0 Å². The standard InChI is InChI=1S/C15H24O2/c1-10-12-9-11(14(2,3)17)5-7-15(12,4)8-6-13(10)16/h6,8,10-12,17H,5,7,9H2,1-4H3/t10-,11-,12+,15-/m0/s1. The highest BCUT2D eigenvalue weighted by Crippen LogP contribution is 2.52. The summed E-state index contributed by atoms with van der Waals surface area (Å²) in [5.41, 5.74) is -0.458. The molecule has 96 valence electrons. The maximum atomic E-state index is 11.8. The quantitative estimate of drug-likeness (QED) is 0.760. The fourth-order valence-electron chi connectivity index (χ4n) is 3.61. The highest BCUT2D eigenvalue weighted by molar-refractivity contribution is 5.92. The van der Waals surface area contributed by atoms with Gasteiger partial charge in [-0.3, -0.25) is 4.79 Å². The van der Waals surface area contributed by atoms with Crippen molar-refractivity contribution in [2.75, 3.05) is 0 Å². The van der Waals surface area contributed by atoms with Crippen molar-refractivity contribution in [3.05, 3.63) is 12.2 Å². The van der Waals surface area contributed by atoms with Crippen LogP contribution in [0.5, 0.6) is 0 Å². The molecule has 2 heteroatoms. The highest BCUT2D eigenvalue weighted by atomic mass is 16.3. The van der Waals surface area contributed by atoms with E-state index in [1.807, 2.05) is 20.8 Å². The van der Waals surface area contributed by atoms with Gasteiger partial charge in [0.05, 0.1) is 5.60 Å². The molecule has 0 aliphatic heterocycles. The third-order valence-electron chi connectivity index (χ3n) is 5.10. The summed E-state index contributed by atoms with van der Waals surface area (Å²) in [5, 5.41) is 10.2. The Hall–Kier alpha value is -0.630. The Labute approximate surface area is 104 Å². The summed E-state index contributed by atoms with van der Waals surface area (Å²) in [6.07, 6.45) is 6.99. The number of fused-ring (bicyclic) bond motifs is 1. The average molecular weight is 236 g/mol. The number of ketones is 1. The van der Waals surface area contributed by atoms with Crippen LogP contribution in [-0.4, -0.2) is 16.5 Å². The van der Waals surface area contributed by atoms with Crippen molar-refractivity contribution in [3.8, 4) is 0 Å². The Kier molecular flexibility index (Phi) is 2.97. The van der Waals surface area contributed by atoms with Gasteiger partial charge in [-0.05, 0) is 56.4 Å². The van der Waals surface area contributed by atoms with E-state index in [1.54, 1.807) is 6.08 Å². The third-order valence-corrected chi connectivity index (χ3v) is 5.10. The van der Waals surface area contributed by atoms with Crippen LogP contribution in [-0.2, 0) is 4.79 Å². The first-order valence-corrected chi connectivity index (χ1v) is 6.69. The summed E-state index contributed by atoms with van der Waals surface area (Å²) in [6.45, 7) is 8.09. The van der Waals surface area contributed by atoms with Gasteiger partial charge in [0.2, 0.25) is 0 Å². The van der Waals surface area contributed by atoms with E-state index in [2.05, 4.69) is 13.0 Å². The fraction of sp³-hybridized carbons (Fsp3) is 0.800.